The van der Waals surface area contributed by atoms with E-state index >= 15 is 0 Å². The van der Waals surface area contributed by atoms with Crippen molar-refractivity contribution in [3.63, 3.8) is 0 Å². The Morgan fingerprint density at radius 2 is 2.24 bits per heavy atom. The minimum atomic E-state index is 0.00667. The zero-order chi connectivity index (χ0) is 15.0. The first-order valence-corrected chi connectivity index (χ1v) is 8.15. The van der Waals surface area contributed by atoms with Gasteiger partial charge in [-0.3, -0.25) is 4.79 Å². The van der Waals surface area contributed by atoms with Crippen molar-refractivity contribution < 1.29 is 9.21 Å². The van der Waals surface area contributed by atoms with E-state index in [-0.39, 0.29) is 5.91 Å². The van der Waals surface area contributed by atoms with Gasteiger partial charge in [-0.25, -0.2) is 4.98 Å². The third kappa shape index (κ3) is 2.75. The number of likely N-dealkylation sites (tertiary alicyclic amines) is 1. The monoisotopic (exact) mass is 304 g/mol. The molecular weight excluding hydrogens is 284 g/mol. The van der Waals surface area contributed by atoms with Gasteiger partial charge in [-0.15, -0.1) is 11.3 Å². The van der Waals surface area contributed by atoms with E-state index in [1.165, 1.54) is 9.88 Å². The van der Waals surface area contributed by atoms with Crippen LogP contribution in [0.5, 0.6) is 0 Å². The number of carbonyl (C=O) groups is 1. The fourth-order valence-corrected chi connectivity index (χ4v) is 3.82. The average molecular weight is 304 g/mol. The quantitative estimate of drug-likeness (QED) is 0.850. The number of piperidine rings is 1. The Morgan fingerprint density at radius 1 is 1.43 bits per heavy atom. The molecule has 0 aromatic carbocycles. The van der Waals surface area contributed by atoms with Crippen LogP contribution in [0, 0.1) is 20.8 Å². The van der Waals surface area contributed by atoms with Crippen LogP contribution in [0.15, 0.2) is 16.7 Å². The maximum atomic E-state index is 12.5. The van der Waals surface area contributed by atoms with Gasteiger partial charge >= 0.3 is 0 Å². The van der Waals surface area contributed by atoms with Gasteiger partial charge < -0.3 is 9.32 Å². The molecule has 3 rings (SSSR count). The molecule has 0 bridgehead atoms. The molecule has 0 saturated carbocycles. The Hall–Kier alpha value is -1.62. The van der Waals surface area contributed by atoms with E-state index in [1.807, 2.05) is 24.8 Å². The third-order valence-corrected chi connectivity index (χ3v) is 5.39. The zero-order valence-corrected chi connectivity index (χ0v) is 13.5. The highest BCUT2D eigenvalue weighted by Crippen LogP contribution is 2.32. The van der Waals surface area contributed by atoms with Crippen molar-refractivity contribution in [2.24, 2.45) is 0 Å². The Morgan fingerprint density at radius 3 is 2.86 bits per heavy atom. The molecule has 1 saturated heterocycles. The summed E-state index contributed by atoms with van der Waals surface area (Å²) in [5.41, 5.74) is 2.02. The minimum absolute atomic E-state index is 0.00667. The Labute approximate surface area is 128 Å². The van der Waals surface area contributed by atoms with Gasteiger partial charge in [-0.1, -0.05) is 0 Å². The summed E-state index contributed by atoms with van der Waals surface area (Å²) >= 11 is 1.76. The summed E-state index contributed by atoms with van der Waals surface area (Å²) in [6, 6.07) is 1.84. The lowest BCUT2D eigenvalue weighted by Crippen LogP contribution is -2.39. The number of furan rings is 1. The maximum Gasteiger partial charge on any atom is 0.289 e. The van der Waals surface area contributed by atoms with Gasteiger partial charge in [0.25, 0.3) is 5.91 Å². The van der Waals surface area contributed by atoms with Crippen molar-refractivity contribution in [2.75, 3.05) is 13.1 Å². The van der Waals surface area contributed by atoms with Crippen LogP contribution in [0.3, 0.4) is 0 Å². The fourth-order valence-electron chi connectivity index (χ4n) is 2.77. The summed E-state index contributed by atoms with van der Waals surface area (Å²) in [6.45, 7) is 7.61. The molecule has 0 spiro atoms. The van der Waals surface area contributed by atoms with Crippen molar-refractivity contribution in [1.82, 2.24) is 9.88 Å². The molecule has 5 heteroatoms. The molecule has 0 N–H and O–H groups in total. The van der Waals surface area contributed by atoms with E-state index in [9.17, 15) is 4.79 Å². The van der Waals surface area contributed by atoms with E-state index in [1.54, 1.807) is 17.6 Å². The van der Waals surface area contributed by atoms with E-state index in [2.05, 4.69) is 11.9 Å². The first-order valence-electron chi connectivity index (χ1n) is 7.33. The normalized spacial score (nSPS) is 19.0. The predicted octanol–water partition coefficient (Wildman–Crippen LogP) is 3.68. The van der Waals surface area contributed by atoms with Crippen LogP contribution in [0.2, 0.25) is 0 Å². The van der Waals surface area contributed by atoms with Gasteiger partial charge in [0.1, 0.15) is 0 Å². The highest BCUT2D eigenvalue weighted by Gasteiger charge is 2.29. The zero-order valence-electron chi connectivity index (χ0n) is 12.7. The SMILES string of the molecule is Cc1ccoc1C(=O)N1CCC[C@@H](c2nc(C)c(C)s2)C1. The van der Waals surface area contributed by atoms with Crippen molar-refractivity contribution in [1.29, 1.82) is 0 Å². The van der Waals surface area contributed by atoms with Crippen LogP contribution in [-0.4, -0.2) is 28.9 Å². The van der Waals surface area contributed by atoms with Crippen LogP contribution in [-0.2, 0) is 0 Å². The molecule has 1 aliphatic heterocycles. The standard InChI is InChI=1S/C16H20N2O2S/c1-10-6-8-20-14(10)16(19)18-7-4-5-13(9-18)15-17-11(2)12(3)21-15/h6,8,13H,4-5,7,9H2,1-3H3/t13-/m1/s1. The molecule has 0 unspecified atom stereocenters. The molecule has 1 aliphatic rings. The first-order chi connectivity index (χ1) is 10.1. The number of amides is 1. The second-order valence-electron chi connectivity index (χ2n) is 5.72. The molecule has 21 heavy (non-hydrogen) atoms. The summed E-state index contributed by atoms with van der Waals surface area (Å²) in [4.78, 5) is 20.4. The summed E-state index contributed by atoms with van der Waals surface area (Å²) in [5, 5.41) is 1.17. The van der Waals surface area contributed by atoms with Crippen LogP contribution >= 0.6 is 11.3 Å². The average Bonchev–Trinajstić information content (AvgIpc) is 3.05. The van der Waals surface area contributed by atoms with E-state index in [0.717, 1.165) is 37.2 Å². The lowest BCUT2D eigenvalue weighted by Gasteiger charge is -2.31. The number of carbonyl (C=O) groups excluding carboxylic acids is 1. The number of nitrogens with zero attached hydrogens (tertiary/aromatic N) is 2. The highest BCUT2D eigenvalue weighted by molar-refractivity contribution is 7.11. The topological polar surface area (TPSA) is 46.3 Å². The smallest absolute Gasteiger partial charge is 0.289 e. The second kappa shape index (κ2) is 5.64. The summed E-state index contributed by atoms with van der Waals surface area (Å²) in [7, 11) is 0. The molecule has 1 atom stereocenters. The van der Waals surface area contributed by atoms with Crippen molar-refractivity contribution in [2.45, 2.75) is 39.5 Å². The number of thiazole rings is 1. The molecule has 112 valence electrons. The fraction of sp³-hybridized carbons (Fsp3) is 0.500. The minimum Gasteiger partial charge on any atom is -0.459 e. The Balaban J connectivity index is 1.77. The van der Waals surface area contributed by atoms with E-state index < -0.39 is 0 Å². The molecule has 3 heterocycles. The van der Waals surface area contributed by atoms with Gasteiger partial charge in [-0.2, -0.15) is 0 Å². The van der Waals surface area contributed by atoms with Crippen molar-refractivity contribution in [3.05, 3.63) is 39.2 Å². The van der Waals surface area contributed by atoms with Crippen molar-refractivity contribution in [3.8, 4) is 0 Å². The highest BCUT2D eigenvalue weighted by atomic mass is 32.1. The van der Waals surface area contributed by atoms with E-state index in [4.69, 9.17) is 4.42 Å². The molecule has 0 radical (unpaired) electrons. The second-order valence-corrected chi connectivity index (χ2v) is 6.95. The summed E-state index contributed by atoms with van der Waals surface area (Å²) in [5.74, 6) is 0.838. The van der Waals surface area contributed by atoms with Gasteiger partial charge in [0.05, 0.1) is 17.0 Å². The summed E-state index contributed by atoms with van der Waals surface area (Å²) < 4.78 is 5.34. The third-order valence-electron chi connectivity index (χ3n) is 4.16. The summed E-state index contributed by atoms with van der Waals surface area (Å²) in [6.07, 6.45) is 3.71. The Bertz CT molecular complexity index is 640. The first kappa shape index (κ1) is 14.3. The maximum absolute atomic E-state index is 12.5. The van der Waals surface area contributed by atoms with E-state index in [0.29, 0.717) is 11.7 Å². The molecule has 1 amide bonds. The number of aromatic nitrogens is 1. The van der Waals surface area contributed by atoms with Gasteiger partial charge in [0, 0.05) is 29.4 Å². The Kier molecular flexibility index (Phi) is 3.85. The molecular formula is C16H20N2O2S. The van der Waals surface area contributed by atoms with Crippen LogP contribution < -0.4 is 0 Å². The van der Waals surface area contributed by atoms with Crippen LogP contribution in [0.25, 0.3) is 0 Å². The molecule has 2 aromatic rings. The number of hydrogen-bond acceptors (Lipinski definition) is 4. The number of aryl methyl sites for hydroxylation is 3. The van der Waals surface area contributed by atoms with Crippen LogP contribution in [0.1, 0.15) is 50.5 Å². The lowest BCUT2D eigenvalue weighted by atomic mass is 9.98. The number of hydrogen-bond donors (Lipinski definition) is 0. The van der Waals surface area contributed by atoms with Gasteiger partial charge in [-0.05, 0) is 39.7 Å². The van der Waals surface area contributed by atoms with Gasteiger partial charge in [0.2, 0.25) is 0 Å². The largest absolute Gasteiger partial charge is 0.459 e. The molecule has 1 fully saturated rings. The lowest BCUT2D eigenvalue weighted by molar-refractivity contribution is 0.0674. The molecule has 0 aliphatic carbocycles. The number of rotatable bonds is 2. The van der Waals surface area contributed by atoms with Crippen LogP contribution in [0.4, 0.5) is 0 Å². The molecule has 2 aromatic heterocycles. The predicted molar refractivity (Wildman–Crippen MR) is 82.9 cm³/mol. The van der Waals surface area contributed by atoms with Gasteiger partial charge in [0.15, 0.2) is 5.76 Å². The van der Waals surface area contributed by atoms with Crippen molar-refractivity contribution >= 4 is 17.2 Å². The molecule has 4 nitrogen and oxygen atoms in total.